The molecule has 0 radical (unpaired) electrons. The number of aliphatic hydroxyl groups is 16. The number of carbonyl (C=O) groups is 2. The van der Waals surface area contributed by atoms with Gasteiger partial charge in [-0.1, -0.05) is 0 Å². The Bertz CT molecular complexity index is 890. The minimum Gasteiger partial charge on any atom is -0.547 e. The standard InChI is InChI=1S/2C12H22O12.Ca.2H2O/c2*13-1-3(15)10(7(18)8(19)11(21)22)24-12-9(20)6(17)5(16)4(2-14)23-12;;;/h2*3-10,12-20H,1-2H2,(H,21,22);;2*1H2/q;;+2;;/p-2. The molecule has 2 rings (SSSR count). The van der Waals surface area contributed by atoms with Crippen molar-refractivity contribution in [2.24, 2.45) is 0 Å². The number of hydrogen-bond donors (Lipinski definition) is 16. The second kappa shape index (κ2) is 25.4. The van der Waals surface area contributed by atoms with Crippen LogP contribution in [-0.4, -0.2) is 279 Å². The summed E-state index contributed by atoms with van der Waals surface area (Å²) < 4.78 is 19.9. The monoisotopic (exact) mass is 790 g/mol. The molecule has 18 unspecified atom stereocenters. The third-order valence-corrected chi connectivity index (χ3v) is 7.22. The van der Waals surface area contributed by atoms with E-state index in [0.717, 1.165) is 0 Å². The fraction of sp³-hybridized carbons (Fsp3) is 0.917. The first kappa shape index (κ1) is 54.7. The van der Waals surface area contributed by atoms with Gasteiger partial charge in [0.15, 0.2) is 12.6 Å². The molecule has 51 heavy (non-hydrogen) atoms. The van der Waals surface area contributed by atoms with Crippen LogP contribution in [0.5, 0.6) is 0 Å². The van der Waals surface area contributed by atoms with E-state index in [1.807, 2.05) is 0 Å². The van der Waals surface area contributed by atoms with Crippen LogP contribution in [0.25, 0.3) is 0 Å². The van der Waals surface area contributed by atoms with Gasteiger partial charge in [-0.2, -0.15) is 0 Å². The van der Waals surface area contributed by atoms with E-state index in [1.165, 1.54) is 0 Å². The molecule has 0 aromatic carbocycles. The van der Waals surface area contributed by atoms with Crippen LogP contribution in [0.3, 0.4) is 0 Å². The Morgan fingerprint density at radius 3 is 1.04 bits per heavy atom. The largest absolute Gasteiger partial charge is 2.00 e. The molecule has 0 saturated carbocycles. The molecule has 2 heterocycles. The molecule has 18 atom stereocenters. The normalized spacial score (nSPS) is 33.8. The van der Waals surface area contributed by atoms with Crippen LogP contribution in [0.15, 0.2) is 0 Å². The van der Waals surface area contributed by atoms with Crippen molar-refractivity contribution in [3.8, 4) is 0 Å². The number of hydrogen-bond acceptors (Lipinski definition) is 24. The molecule has 2 saturated heterocycles. The second-order valence-corrected chi connectivity index (χ2v) is 10.6. The Kier molecular flexibility index (Phi) is 27.2. The van der Waals surface area contributed by atoms with E-state index in [2.05, 4.69) is 0 Å². The van der Waals surface area contributed by atoms with E-state index in [-0.39, 0.29) is 48.7 Å². The second-order valence-electron chi connectivity index (χ2n) is 10.6. The quantitative estimate of drug-likeness (QED) is 0.0645. The van der Waals surface area contributed by atoms with Crippen LogP contribution in [-0.2, 0) is 28.5 Å². The molecule has 0 aromatic rings. The SMILES string of the molecule is O.O.O=C([O-])C(O)C(O)C(OC1OC(CO)C(O)C(O)C1O)C(O)CO.O=C([O-])C(O)C(O)C(OC1OC(CO)C(O)C(O)C1O)C(O)CO.[Ca+2]. The minimum absolute atomic E-state index is 0. The Morgan fingerprint density at radius 2 is 0.824 bits per heavy atom. The molecule has 0 aromatic heterocycles. The molecule has 300 valence electrons. The molecule has 0 bridgehead atoms. The molecular weight excluding hydrogens is 744 g/mol. The van der Waals surface area contributed by atoms with E-state index in [0.29, 0.717) is 0 Å². The van der Waals surface area contributed by atoms with Gasteiger partial charge in [0.1, 0.15) is 97.7 Å². The fourth-order valence-corrected chi connectivity index (χ4v) is 4.31. The van der Waals surface area contributed by atoms with Crippen LogP contribution in [0.2, 0.25) is 0 Å². The average molecular weight is 791 g/mol. The Labute approximate surface area is 316 Å². The van der Waals surface area contributed by atoms with Crippen LogP contribution >= 0.6 is 0 Å². The van der Waals surface area contributed by atoms with Gasteiger partial charge in [-0.15, -0.1) is 0 Å². The molecule has 2 aliphatic rings. The first-order chi connectivity index (χ1) is 22.3. The Hall–Kier alpha value is -0.680. The van der Waals surface area contributed by atoms with E-state index < -0.39 is 149 Å². The van der Waals surface area contributed by atoms with Gasteiger partial charge in [-0.05, 0) is 0 Å². The predicted molar refractivity (Wildman–Crippen MR) is 150 cm³/mol. The molecule has 2 aliphatic heterocycles. The fourth-order valence-electron chi connectivity index (χ4n) is 4.31. The molecule has 2 fully saturated rings. The molecule has 20 N–H and O–H groups in total. The molecule has 26 nitrogen and oxygen atoms in total. The van der Waals surface area contributed by atoms with Gasteiger partial charge in [-0.25, -0.2) is 0 Å². The maximum atomic E-state index is 10.6. The number of ether oxygens (including phenoxy) is 4. The third-order valence-electron chi connectivity index (χ3n) is 7.22. The summed E-state index contributed by atoms with van der Waals surface area (Å²) in [7, 11) is 0. The Morgan fingerprint density at radius 1 is 0.549 bits per heavy atom. The zero-order valence-corrected chi connectivity index (χ0v) is 28.6. The number of carbonyl (C=O) groups excluding carboxylic acids is 2. The van der Waals surface area contributed by atoms with Gasteiger partial charge >= 0.3 is 37.7 Å². The molecule has 0 amide bonds. The molecule has 27 heteroatoms. The van der Waals surface area contributed by atoms with Crippen molar-refractivity contribution in [3.63, 3.8) is 0 Å². The first-order valence-electron chi connectivity index (χ1n) is 13.9. The van der Waals surface area contributed by atoms with E-state index in [4.69, 9.17) is 39.4 Å². The summed E-state index contributed by atoms with van der Waals surface area (Å²) in [6, 6.07) is 0. The zero-order valence-electron chi connectivity index (χ0n) is 26.3. The zero-order chi connectivity index (χ0) is 37.2. The summed E-state index contributed by atoms with van der Waals surface area (Å²) in [5.41, 5.74) is 0. The summed E-state index contributed by atoms with van der Waals surface area (Å²) >= 11 is 0. The number of carboxylic acids is 2. The van der Waals surface area contributed by atoms with Gasteiger partial charge < -0.3 is 131 Å². The summed E-state index contributed by atoms with van der Waals surface area (Å²) in [5, 5.41) is 173. The number of aliphatic carboxylic acids is 2. The minimum atomic E-state index is -2.50. The van der Waals surface area contributed by atoms with Crippen LogP contribution in [0.1, 0.15) is 0 Å². The Balaban J connectivity index is -0.000000853. The maximum absolute atomic E-state index is 10.6. The molecular formula is C24H46CaO26. The number of rotatable bonds is 16. The van der Waals surface area contributed by atoms with Gasteiger partial charge in [-0.3, -0.25) is 0 Å². The van der Waals surface area contributed by atoms with Gasteiger partial charge in [0, 0.05) is 0 Å². The van der Waals surface area contributed by atoms with Crippen molar-refractivity contribution in [1.29, 1.82) is 0 Å². The topological polar surface area (TPSA) is 504 Å². The number of aliphatic hydroxyl groups excluding tert-OH is 16. The summed E-state index contributed by atoms with van der Waals surface area (Å²) in [6.07, 6.45) is -34.5. The summed E-state index contributed by atoms with van der Waals surface area (Å²) in [5.74, 6) is -4.18. The van der Waals surface area contributed by atoms with Crippen molar-refractivity contribution in [3.05, 3.63) is 0 Å². The van der Waals surface area contributed by atoms with E-state index in [9.17, 15) is 81.1 Å². The smallest absolute Gasteiger partial charge is 0.547 e. The summed E-state index contributed by atoms with van der Waals surface area (Å²) in [6.45, 7) is -3.58. The predicted octanol–water partition coefficient (Wildman–Crippen LogP) is -16.0. The van der Waals surface area contributed by atoms with Gasteiger partial charge in [0.2, 0.25) is 0 Å². The van der Waals surface area contributed by atoms with Crippen molar-refractivity contribution in [2.75, 3.05) is 26.4 Å². The van der Waals surface area contributed by atoms with Crippen molar-refractivity contribution in [2.45, 2.75) is 110 Å². The van der Waals surface area contributed by atoms with Crippen LogP contribution in [0, 0.1) is 0 Å². The van der Waals surface area contributed by atoms with Gasteiger partial charge in [0.25, 0.3) is 0 Å². The number of carboxylic acid groups (broad SMARTS) is 2. The van der Waals surface area contributed by atoms with Crippen molar-refractivity contribution < 1.29 is 131 Å². The van der Waals surface area contributed by atoms with Crippen LogP contribution < -0.4 is 10.2 Å². The van der Waals surface area contributed by atoms with Gasteiger partial charge in [0.05, 0.1) is 38.4 Å². The first-order valence-corrected chi connectivity index (χ1v) is 13.9. The average Bonchev–Trinajstić information content (AvgIpc) is 3.07. The molecule has 0 spiro atoms. The maximum Gasteiger partial charge on any atom is 2.00 e. The van der Waals surface area contributed by atoms with Crippen molar-refractivity contribution >= 4 is 49.7 Å². The van der Waals surface area contributed by atoms with E-state index >= 15 is 0 Å². The summed E-state index contributed by atoms with van der Waals surface area (Å²) in [4.78, 5) is 21.2. The van der Waals surface area contributed by atoms with E-state index in [1.54, 1.807) is 0 Å². The molecule has 0 aliphatic carbocycles. The van der Waals surface area contributed by atoms with Crippen LogP contribution in [0.4, 0.5) is 0 Å². The van der Waals surface area contributed by atoms with Crippen molar-refractivity contribution in [1.82, 2.24) is 0 Å². The third kappa shape index (κ3) is 14.5.